The second kappa shape index (κ2) is 8.80. The molecule has 0 bridgehead atoms. The van der Waals surface area contributed by atoms with Crippen LogP contribution in [0.25, 0.3) is 0 Å². The van der Waals surface area contributed by atoms with Crippen molar-refractivity contribution in [2.75, 3.05) is 33.4 Å². The Morgan fingerprint density at radius 2 is 1.55 bits per heavy atom. The molecular formula is C22H26N2O7S2. The molecule has 0 amide bonds. The average molecular weight is 495 g/mol. The van der Waals surface area contributed by atoms with E-state index in [9.17, 15) is 21.6 Å². The van der Waals surface area contributed by atoms with Gasteiger partial charge in [0.2, 0.25) is 20.0 Å². The zero-order chi connectivity index (χ0) is 23.9. The molecule has 2 heterocycles. The van der Waals surface area contributed by atoms with E-state index in [2.05, 4.69) is 0 Å². The van der Waals surface area contributed by atoms with Gasteiger partial charge < -0.3 is 9.47 Å². The monoisotopic (exact) mass is 494 g/mol. The third-order valence-corrected chi connectivity index (χ3v) is 9.89. The van der Waals surface area contributed by atoms with Crippen LogP contribution < -0.4 is 4.74 Å². The zero-order valence-electron chi connectivity index (χ0n) is 18.4. The molecule has 0 N–H and O–H groups in total. The number of benzene rings is 2. The van der Waals surface area contributed by atoms with Gasteiger partial charge in [0, 0.05) is 18.7 Å². The number of rotatable bonds is 6. The Balaban J connectivity index is 1.63. The normalized spacial score (nSPS) is 22.5. The maximum Gasteiger partial charge on any atom is 0.245 e. The maximum atomic E-state index is 13.4. The lowest BCUT2D eigenvalue weighted by atomic mass is 10.0. The Morgan fingerprint density at radius 1 is 0.939 bits per heavy atom. The van der Waals surface area contributed by atoms with Crippen molar-refractivity contribution in [2.24, 2.45) is 0 Å². The smallest absolute Gasteiger partial charge is 0.245 e. The molecule has 0 aliphatic carbocycles. The number of hydrogen-bond donors (Lipinski definition) is 0. The van der Waals surface area contributed by atoms with E-state index in [0.29, 0.717) is 24.2 Å². The molecule has 11 heteroatoms. The largest absolute Gasteiger partial charge is 0.497 e. The Morgan fingerprint density at radius 3 is 2.15 bits per heavy atom. The third-order valence-electron chi connectivity index (χ3n) is 6.06. The summed E-state index contributed by atoms with van der Waals surface area (Å²) in [6.07, 6.45) is 0.830. The van der Waals surface area contributed by atoms with Gasteiger partial charge in [-0.2, -0.15) is 8.61 Å². The number of ether oxygens (including phenoxy) is 2. The lowest BCUT2D eigenvalue weighted by Gasteiger charge is -2.43. The second-order valence-corrected chi connectivity index (χ2v) is 11.9. The minimum atomic E-state index is -3.93. The van der Waals surface area contributed by atoms with E-state index in [1.54, 1.807) is 12.1 Å². The number of piperidine rings is 1. The molecule has 2 aromatic rings. The van der Waals surface area contributed by atoms with Crippen molar-refractivity contribution >= 4 is 25.8 Å². The molecule has 2 aliphatic heterocycles. The predicted molar refractivity (Wildman–Crippen MR) is 120 cm³/mol. The molecule has 0 saturated carbocycles. The lowest BCUT2D eigenvalue weighted by Crippen LogP contribution is -2.59. The first-order valence-corrected chi connectivity index (χ1v) is 13.4. The summed E-state index contributed by atoms with van der Waals surface area (Å²) in [6.45, 7) is 1.86. The topological polar surface area (TPSA) is 110 Å². The van der Waals surface area contributed by atoms with Gasteiger partial charge in [0.1, 0.15) is 11.5 Å². The quantitative estimate of drug-likeness (QED) is 0.566. The zero-order valence-corrected chi connectivity index (χ0v) is 20.1. The van der Waals surface area contributed by atoms with Crippen LogP contribution in [0.3, 0.4) is 0 Å². The number of nitrogens with zero attached hydrogens (tertiary/aromatic N) is 2. The highest BCUT2D eigenvalue weighted by Gasteiger charge is 2.53. The molecule has 4 rings (SSSR count). The minimum Gasteiger partial charge on any atom is -0.497 e. The van der Waals surface area contributed by atoms with E-state index in [0.717, 1.165) is 0 Å². The van der Waals surface area contributed by atoms with Crippen LogP contribution in [-0.4, -0.2) is 70.3 Å². The fourth-order valence-corrected chi connectivity index (χ4v) is 7.52. The van der Waals surface area contributed by atoms with Crippen molar-refractivity contribution in [1.29, 1.82) is 0 Å². The third kappa shape index (κ3) is 4.31. The summed E-state index contributed by atoms with van der Waals surface area (Å²) in [4.78, 5) is 11.7. The fraction of sp³-hybridized carbons (Fsp3) is 0.409. The predicted octanol–water partition coefficient (Wildman–Crippen LogP) is 2.10. The van der Waals surface area contributed by atoms with Crippen molar-refractivity contribution in [1.82, 2.24) is 8.61 Å². The number of hydrogen-bond acceptors (Lipinski definition) is 7. The SMILES string of the molecule is COc1ccc(S(=O)(=O)N2CCOC23CCCN(S(=O)(=O)c2ccc(C(C)=O)cc2)C3)cc1. The molecule has 0 radical (unpaired) electrons. The van der Waals surface area contributed by atoms with Crippen LogP contribution in [0.2, 0.25) is 0 Å². The highest BCUT2D eigenvalue weighted by molar-refractivity contribution is 7.89. The van der Waals surface area contributed by atoms with E-state index in [1.165, 1.54) is 59.0 Å². The van der Waals surface area contributed by atoms with Crippen LogP contribution in [0.5, 0.6) is 5.75 Å². The molecule has 2 fully saturated rings. The van der Waals surface area contributed by atoms with E-state index in [1.807, 2.05) is 0 Å². The summed E-state index contributed by atoms with van der Waals surface area (Å²) in [5.74, 6) is 0.377. The first-order valence-electron chi connectivity index (χ1n) is 10.5. The summed E-state index contributed by atoms with van der Waals surface area (Å²) in [5, 5.41) is 0. The van der Waals surface area contributed by atoms with Crippen molar-refractivity contribution in [3.63, 3.8) is 0 Å². The van der Waals surface area contributed by atoms with Gasteiger partial charge in [-0.15, -0.1) is 0 Å². The lowest BCUT2D eigenvalue weighted by molar-refractivity contribution is -0.0818. The number of sulfonamides is 2. The summed E-state index contributed by atoms with van der Waals surface area (Å²) in [5.41, 5.74) is -0.858. The Hall–Kier alpha value is -2.31. The molecular weight excluding hydrogens is 468 g/mol. The molecule has 2 saturated heterocycles. The van der Waals surface area contributed by atoms with Gasteiger partial charge in [0.25, 0.3) is 0 Å². The van der Waals surface area contributed by atoms with Crippen LogP contribution in [0, 0.1) is 0 Å². The van der Waals surface area contributed by atoms with Gasteiger partial charge in [0.05, 0.1) is 30.1 Å². The summed E-state index contributed by atoms with van der Waals surface area (Å²) >= 11 is 0. The van der Waals surface area contributed by atoms with E-state index >= 15 is 0 Å². The van der Waals surface area contributed by atoms with Crippen molar-refractivity contribution in [3.8, 4) is 5.75 Å². The number of carbonyl (C=O) groups excluding carboxylic acids is 1. The molecule has 1 atom stereocenters. The van der Waals surface area contributed by atoms with Gasteiger partial charge >= 0.3 is 0 Å². The van der Waals surface area contributed by atoms with Gasteiger partial charge in [-0.1, -0.05) is 12.1 Å². The first kappa shape index (κ1) is 23.8. The van der Waals surface area contributed by atoms with Gasteiger partial charge in [-0.05, 0) is 56.2 Å². The first-order chi connectivity index (χ1) is 15.6. The van der Waals surface area contributed by atoms with Gasteiger partial charge in [-0.3, -0.25) is 4.79 Å². The van der Waals surface area contributed by atoms with Crippen LogP contribution in [-0.2, 0) is 24.8 Å². The molecule has 2 aliphatic rings. The molecule has 1 unspecified atom stereocenters. The fourth-order valence-electron chi connectivity index (χ4n) is 4.31. The van der Waals surface area contributed by atoms with Crippen LogP contribution in [0.4, 0.5) is 0 Å². The van der Waals surface area contributed by atoms with Crippen molar-refractivity contribution in [2.45, 2.75) is 35.3 Å². The number of ketones is 1. The molecule has 33 heavy (non-hydrogen) atoms. The Bertz CT molecular complexity index is 1240. The average Bonchev–Trinajstić information content (AvgIpc) is 3.22. The number of Topliss-reactive ketones (excluding diaryl/α,β-unsaturated/α-hetero) is 1. The molecule has 1 spiro atoms. The van der Waals surface area contributed by atoms with Crippen LogP contribution >= 0.6 is 0 Å². The van der Waals surface area contributed by atoms with Crippen LogP contribution in [0.15, 0.2) is 58.3 Å². The summed E-state index contributed by atoms with van der Waals surface area (Å²) in [7, 11) is -6.34. The summed E-state index contributed by atoms with van der Waals surface area (Å²) in [6, 6.07) is 11.8. The van der Waals surface area contributed by atoms with E-state index in [-0.39, 0.29) is 41.8 Å². The molecule has 2 aromatic carbocycles. The van der Waals surface area contributed by atoms with Crippen molar-refractivity contribution < 1.29 is 31.1 Å². The maximum absolute atomic E-state index is 13.4. The number of methoxy groups -OCH3 is 1. The standard InChI is InChI=1S/C22H26N2O7S2/c1-17(25)18-4-8-20(9-5-18)32(26,27)23-13-3-12-22(16-23)24(14-15-31-22)33(28,29)21-10-6-19(30-2)7-11-21/h4-11H,3,12-16H2,1-2H3. The van der Waals surface area contributed by atoms with Crippen LogP contribution in [0.1, 0.15) is 30.1 Å². The van der Waals surface area contributed by atoms with Crippen molar-refractivity contribution in [3.05, 3.63) is 54.1 Å². The second-order valence-electron chi connectivity index (χ2n) is 8.07. The van der Waals surface area contributed by atoms with E-state index in [4.69, 9.17) is 9.47 Å². The van der Waals surface area contributed by atoms with E-state index < -0.39 is 25.8 Å². The minimum absolute atomic E-state index is 0.0482. The molecule has 0 aromatic heterocycles. The highest BCUT2D eigenvalue weighted by Crippen LogP contribution is 2.39. The summed E-state index contributed by atoms with van der Waals surface area (Å²) < 4.78 is 67.1. The molecule has 178 valence electrons. The number of carbonyl (C=O) groups is 1. The van der Waals surface area contributed by atoms with Gasteiger partial charge in [-0.25, -0.2) is 16.8 Å². The molecule has 9 nitrogen and oxygen atoms in total. The van der Waals surface area contributed by atoms with Gasteiger partial charge in [0.15, 0.2) is 5.78 Å². The highest BCUT2D eigenvalue weighted by atomic mass is 32.2. The Kier molecular flexibility index (Phi) is 6.36. The Labute approximate surface area is 194 Å².